The highest BCUT2D eigenvalue weighted by atomic mass is 35.5. The number of hydrogen-bond acceptors (Lipinski definition) is 3. The van der Waals surface area contributed by atoms with Crippen molar-refractivity contribution in [3.05, 3.63) is 29.3 Å². The summed E-state index contributed by atoms with van der Waals surface area (Å²) in [5.74, 6) is 0.425. The number of fused-ring (bicyclic) bond motifs is 1. The molecule has 6 heteroatoms. The second-order valence-corrected chi connectivity index (χ2v) is 8.01. The Morgan fingerprint density at radius 1 is 1.35 bits per heavy atom. The first kappa shape index (κ1) is 16.6. The molecule has 1 aromatic rings. The summed E-state index contributed by atoms with van der Waals surface area (Å²) in [6.07, 6.45) is 0.965. The minimum absolute atomic E-state index is 0.0507. The molecule has 0 saturated carbocycles. The van der Waals surface area contributed by atoms with Crippen molar-refractivity contribution in [2.24, 2.45) is 11.3 Å². The number of likely N-dealkylation sites (tertiary alicyclic amines) is 1. The summed E-state index contributed by atoms with van der Waals surface area (Å²) in [7, 11) is 0. The van der Waals surface area contributed by atoms with E-state index in [1.807, 2.05) is 17.0 Å². The van der Waals surface area contributed by atoms with Gasteiger partial charge in [0.2, 0.25) is 0 Å². The standard InChI is InChI=1S/C17H25ClN4O/c1-17(2,3)15-13-10-22(8-7-14(13)20-21-15)16(23)19-12-6-4-5-11(18)9-12/h4-6,9,13-15,20-21H,7-8,10H2,1-3H3,(H,19,23). The lowest BCUT2D eigenvalue weighted by atomic mass is 9.76. The number of hydrogen-bond donors (Lipinski definition) is 3. The molecule has 2 aliphatic rings. The molecule has 2 aliphatic heterocycles. The van der Waals surface area contributed by atoms with Gasteiger partial charge in [0.15, 0.2) is 0 Å². The minimum Gasteiger partial charge on any atom is -0.324 e. The van der Waals surface area contributed by atoms with Crippen LogP contribution in [0.4, 0.5) is 10.5 Å². The van der Waals surface area contributed by atoms with Crippen molar-refractivity contribution in [1.29, 1.82) is 0 Å². The van der Waals surface area contributed by atoms with Crippen LogP contribution in [0.5, 0.6) is 0 Å². The SMILES string of the molecule is CC(C)(C)C1NNC2CCN(C(=O)Nc3cccc(Cl)c3)CC21. The molecule has 3 unspecified atom stereocenters. The predicted molar refractivity (Wildman–Crippen MR) is 93.5 cm³/mol. The zero-order valence-electron chi connectivity index (χ0n) is 13.9. The van der Waals surface area contributed by atoms with Crippen molar-refractivity contribution in [1.82, 2.24) is 15.8 Å². The fourth-order valence-corrected chi connectivity index (χ4v) is 3.81. The molecule has 2 heterocycles. The van der Waals surface area contributed by atoms with Gasteiger partial charge in [-0.25, -0.2) is 4.79 Å². The van der Waals surface area contributed by atoms with Crippen LogP contribution in [-0.4, -0.2) is 36.1 Å². The number of urea groups is 1. The molecule has 2 fully saturated rings. The Bertz CT molecular complexity index is 586. The van der Waals surface area contributed by atoms with Crippen LogP contribution in [0.15, 0.2) is 24.3 Å². The minimum atomic E-state index is -0.0507. The molecule has 0 bridgehead atoms. The molecule has 2 amide bonds. The van der Waals surface area contributed by atoms with Gasteiger partial charge >= 0.3 is 6.03 Å². The molecule has 1 aromatic carbocycles. The smallest absolute Gasteiger partial charge is 0.321 e. The van der Waals surface area contributed by atoms with E-state index in [9.17, 15) is 4.79 Å². The van der Waals surface area contributed by atoms with E-state index in [-0.39, 0.29) is 11.4 Å². The van der Waals surface area contributed by atoms with Crippen molar-refractivity contribution in [3.8, 4) is 0 Å². The van der Waals surface area contributed by atoms with E-state index >= 15 is 0 Å². The van der Waals surface area contributed by atoms with Crippen LogP contribution in [0, 0.1) is 11.3 Å². The number of rotatable bonds is 1. The highest BCUT2D eigenvalue weighted by Crippen LogP contribution is 2.34. The molecule has 5 nitrogen and oxygen atoms in total. The second kappa shape index (κ2) is 6.30. The summed E-state index contributed by atoms with van der Waals surface area (Å²) in [5.41, 5.74) is 7.72. The molecule has 0 spiro atoms. The quantitative estimate of drug-likeness (QED) is 0.738. The Morgan fingerprint density at radius 2 is 2.13 bits per heavy atom. The highest BCUT2D eigenvalue weighted by molar-refractivity contribution is 6.30. The molecular weight excluding hydrogens is 312 g/mol. The number of hydrazine groups is 1. The van der Waals surface area contributed by atoms with Gasteiger partial charge in [-0.1, -0.05) is 38.4 Å². The first-order chi connectivity index (χ1) is 10.8. The van der Waals surface area contributed by atoms with Crippen LogP contribution in [0.1, 0.15) is 27.2 Å². The van der Waals surface area contributed by atoms with Gasteiger partial charge in [-0.05, 0) is 30.0 Å². The average molecular weight is 337 g/mol. The normalized spacial score (nSPS) is 27.7. The van der Waals surface area contributed by atoms with Crippen molar-refractivity contribution in [3.63, 3.8) is 0 Å². The Hall–Kier alpha value is -1.30. The molecule has 2 saturated heterocycles. The fourth-order valence-electron chi connectivity index (χ4n) is 3.61. The molecule has 23 heavy (non-hydrogen) atoms. The Morgan fingerprint density at radius 3 is 2.83 bits per heavy atom. The van der Waals surface area contributed by atoms with Crippen LogP contribution in [0.3, 0.4) is 0 Å². The van der Waals surface area contributed by atoms with Crippen molar-refractivity contribution in [2.75, 3.05) is 18.4 Å². The number of nitrogens with one attached hydrogen (secondary N) is 3. The summed E-state index contributed by atoms with van der Waals surface area (Å²) in [6, 6.07) is 8.00. The number of benzene rings is 1. The van der Waals surface area contributed by atoms with Gasteiger partial charge in [-0.2, -0.15) is 0 Å². The summed E-state index contributed by atoms with van der Waals surface area (Å²) in [6.45, 7) is 8.23. The average Bonchev–Trinajstić information content (AvgIpc) is 2.90. The topological polar surface area (TPSA) is 56.4 Å². The third kappa shape index (κ3) is 3.62. The zero-order valence-corrected chi connectivity index (χ0v) is 14.7. The maximum absolute atomic E-state index is 12.6. The Balaban J connectivity index is 1.66. The first-order valence-electron chi connectivity index (χ1n) is 8.17. The maximum Gasteiger partial charge on any atom is 0.321 e. The lowest BCUT2D eigenvalue weighted by molar-refractivity contribution is 0.141. The number of anilines is 1. The maximum atomic E-state index is 12.6. The van der Waals surface area contributed by atoms with Gasteiger partial charge in [0.05, 0.1) is 0 Å². The fraction of sp³-hybridized carbons (Fsp3) is 0.588. The van der Waals surface area contributed by atoms with Crippen LogP contribution in [0.25, 0.3) is 0 Å². The molecule has 3 atom stereocenters. The van der Waals surface area contributed by atoms with Gasteiger partial charge in [-0.15, -0.1) is 0 Å². The van der Waals surface area contributed by atoms with Crippen molar-refractivity contribution < 1.29 is 4.79 Å². The second-order valence-electron chi connectivity index (χ2n) is 7.58. The highest BCUT2D eigenvalue weighted by Gasteiger charge is 2.45. The van der Waals surface area contributed by atoms with Gasteiger partial charge in [0.1, 0.15) is 0 Å². The summed E-state index contributed by atoms with van der Waals surface area (Å²) >= 11 is 5.97. The number of piperidine rings is 1. The van der Waals surface area contributed by atoms with E-state index in [0.717, 1.165) is 25.2 Å². The number of carbonyl (C=O) groups is 1. The van der Waals surface area contributed by atoms with Gasteiger partial charge < -0.3 is 10.2 Å². The summed E-state index contributed by atoms with van der Waals surface area (Å²) < 4.78 is 0. The van der Waals surface area contributed by atoms with E-state index in [0.29, 0.717) is 23.0 Å². The summed E-state index contributed by atoms with van der Waals surface area (Å²) in [5, 5.41) is 3.57. The van der Waals surface area contributed by atoms with Crippen LogP contribution >= 0.6 is 11.6 Å². The van der Waals surface area contributed by atoms with Gasteiger partial charge in [0, 0.05) is 41.8 Å². The van der Waals surface area contributed by atoms with E-state index < -0.39 is 0 Å². The first-order valence-corrected chi connectivity index (χ1v) is 8.55. The molecule has 0 aliphatic carbocycles. The predicted octanol–water partition coefficient (Wildman–Crippen LogP) is 3.08. The monoisotopic (exact) mass is 336 g/mol. The van der Waals surface area contributed by atoms with Crippen LogP contribution in [0.2, 0.25) is 5.02 Å². The van der Waals surface area contributed by atoms with E-state index in [1.165, 1.54) is 0 Å². The van der Waals surface area contributed by atoms with Crippen molar-refractivity contribution >= 4 is 23.3 Å². The number of nitrogens with zero attached hydrogens (tertiary/aromatic N) is 1. The van der Waals surface area contributed by atoms with Crippen molar-refractivity contribution in [2.45, 2.75) is 39.3 Å². The van der Waals surface area contributed by atoms with E-state index in [1.54, 1.807) is 12.1 Å². The van der Waals surface area contributed by atoms with Crippen LogP contribution < -0.4 is 16.2 Å². The third-order valence-electron chi connectivity index (χ3n) is 4.81. The summed E-state index contributed by atoms with van der Waals surface area (Å²) in [4.78, 5) is 14.5. The number of carbonyl (C=O) groups excluding carboxylic acids is 1. The molecule has 3 N–H and O–H groups in total. The van der Waals surface area contributed by atoms with Gasteiger partial charge in [-0.3, -0.25) is 10.9 Å². The number of amides is 2. The lowest BCUT2D eigenvalue weighted by Gasteiger charge is -2.39. The third-order valence-corrected chi connectivity index (χ3v) is 5.04. The lowest BCUT2D eigenvalue weighted by Crippen LogP contribution is -2.51. The number of halogens is 1. The van der Waals surface area contributed by atoms with E-state index in [2.05, 4.69) is 36.9 Å². The Kier molecular flexibility index (Phi) is 4.54. The molecule has 126 valence electrons. The van der Waals surface area contributed by atoms with Crippen LogP contribution in [-0.2, 0) is 0 Å². The zero-order chi connectivity index (χ0) is 16.6. The Labute approximate surface area is 142 Å². The van der Waals surface area contributed by atoms with E-state index in [4.69, 9.17) is 11.6 Å². The largest absolute Gasteiger partial charge is 0.324 e. The molecule has 3 rings (SSSR count). The molecule has 0 radical (unpaired) electrons. The molecule has 0 aromatic heterocycles. The molecular formula is C17H25ClN4O. The van der Waals surface area contributed by atoms with Gasteiger partial charge in [0.25, 0.3) is 0 Å².